The van der Waals surface area contributed by atoms with Crippen molar-refractivity contribution in [3.05, 3.63) is 69.6 Å². The lowest BCUT2D eigenvalue weighted by atomic mass is 10.1. The third-order valence-corrected chi connectivity index (χ3v) is 4.02. The van der Waals surface area contributed by atoms with Crippen LogP contribution < -0.4 is 15.6 Å². The first-order chi connectivity index (χ1) is 13.0. The highest BCUT2D eigenvalue weighted by Crippen LogP contribution is 2.27. The van der Waals surface area contributed by atoms with Crippen LogP contribution in [-0.4, -0.2) is 27.8 Å². The Bertz CT molecular complexity index is 1010. The Hall–Kier alpha value is -3.19. The number of ether oxygens (including phenoxy) is 1. The quantitative estimate of drug-likeness (QED) is 0.731. The number of carbonyl (C=O) groups is 1. The van der Waals surface area contributed by atoms with E-state index in [0.717, 1.165) is 10.2 Å². The molecule has 27 heavy (non-hydrogen) atoms. The molecule has 3 rings (SSSR count). The summed E-state index contributed by atoms with van der Waals surface area (Å²) in [5.41, 5.74) is 1.69. The third kappa shape index (κ3) is 4.51. The molecule has 2 aromatic heterocycles. The SMILES string of the molecule is COc1cc(=O)n(CC(=O)Nc2ccc(C)cn2)nc1-c1ccc(Cl)cc1. The van der Waals surface area contributed by atoms with E-state index in [2.05, 4.69) is 15.4 Å². The van der Waals surface area contributed by atoms with Gasteiger partial charge in [0.15, 0.2) is 5.75 Å². The lowest BCUT2D eigenvalue weighted by Gasteiger charge is -2.11. The van der Waals surface area contributed by atoms with Gasteiger partial charge >= 0.3 is 0 Å². The molecule has 8 heteroatoms. The maximum atomic E-state index is 12.3. The number of carbonyl (C=O) groups excluding carboxylic acids is 1. The monoisotopic (exact) mass is 384 g/mol. The molecule has 0 saturated carbocycles. The minimum atomic E-state index is -0.448. The summed E-state index contributed by atoms with van der Waals surface area (Å²) in [5, 5.41) is 7.51. The number of benzene rings is 1. The van der Waals surface area contributed by atoms with Crippen molar-refractivity contribution in [3.63, 3.8) is 0 Å². The molecule has 1 N–H and O–H groups in total. The molecule has 0 unspecified atom stereocenters. The van der Waals surface area contributed by atoms with Gasteiger partial charge in [-0.25, -0.2) is 9.67 Å². The van der Waals surface area contributed by atoms with E-state index < -0.39 is 11.5 Å². The van der Waals surface area contributed by atoms with Crippen molar-refractivity contribution in [2.24, 2.45) is 0 Å². The topological polar surface area (TPSA) is 86.1 Å². The van der Waals surface area contributed by atoms with Gasteiger partial charge in [0.2, 0.25) is 5.91 Å². The van der Waals surface area contributed by atoms with Crippen LogP contribution in [0.25, 0.3) is 11.3 Å². The number of aryl methyl sites for hydroxylation is 1. The fraction of sp³-hybridized carbons (Fsp3) is 0.158. The van der Waals surface area contributed by atoms with Crippen LogP contribution in [0.15, 0.2) is 53.5 Å². The number of pyridine rings is 1. The summed E-state index contributed by atoms with van der Waals surface area (Å²) >= 11 is 5.92. The molecular weight excluding hydrogens is 368 g/mol. The number of rotatable bonds is 5. The fourth-order valence-electron chi connectivity index (χ4n) is 2.41. The first-order valence-corrected chi connectivity index (χ1v) is 8.48. The Morgan fingerprint density at radius 3 is 2.59 bits per heavy atom. The number of methoxy groups -OCH3 is 1. The highest BCUT2D eigenvalue weighted by Gasteiger charge is 2.14. The van der Waals surface area contributed by atoms with Crippen LogP contribution >= 0.6 is 11.6 Å². The molecule has 0 fully saturated rings. The lowest BCUT2D eigenvalue weighted by Crippen LogP contribution is -2.30. The summed E-state index contributed by atoms with van der Waals surface area (Å²) in [6.07, 6.45) is 1.64. The molecule has 0 bridgehead atoms. The zero-order chi connectivity index (χ0) is 19.4. The van der Waals surface area contributed by atoms with Crippen LogP contribution in [-0.2, 0) is 11.3 Å². The fourth-order valence-corrected chi connectivity index (χ4v) is 2.54. The van der Waals surface area contributed by atoms with Gasteiger partial charge in [-0.2, -0.15) is 5.10 Å². The normalized spacial score (nSPS) is 10.5. The number of hydrogen-bond acceptors (Lipinski definition) is 5. The molecule has 0 aliphatic rings. The van der Waals surface area contributed by atoms with Gasteiger partial charge in [0.25, 0.3) is 5.56 Å². The average Bonchev–Trinajstić information content (AvgIpc) is 2.65. The molecule has 1 aromatic carbocycles. The molecule has 1 amide bonds. The maximum Gasteiger partial charge on any atom is 0.270 e. The van der Waals surface area contributed by atoms with Crippen molar-refractivity contribution in [3.8, 4) is 17.0 Å². The summed E-state index contributed by atoms with van der Waals surface area (Å²) < 4.78 is 6.34. The van der Waals surface area contributed by atoms with Gasteiger partial charge in [-0.15, -0.1) is 0 Å². The minimum Gasteiger partial charge on any atom is -0.494 e. The van der Waals surface area contributed by atoms with Crippen LogP contribution in [0.2, 0.25) is 5.02 Å². The van der Waals surface area contributed by atoms with E-state index >= 15 is 0 Å². The van der Waals surface area contributed by atoms with Crippen molar-refractivity contribution in [2.75, 3.05) is 12.4 Å². The van der Waals surface area contributed by atoms with Gasteiger partial charge in [-0.05, 0) is 30.7 Å². The van der Waals surface area contributed by atoms with E-state index in [1.165, 1.54) is 13.2 Å². The molecule has 138 valence electrons. The van der Waals surface area contributed by atoms with E-state index in [-0.39, 0.29) is 6.54 Å². The number of anilines is 1. The molecule has 0 aliphatic carbocycles. The summed E-state index contributed by atoms with van der Waals surface area (Å²) in [5.74, 6) is 0.317. The average molecular weight is 385 g/mol. The van der Waals surface area contributed by atoms with E-state index in [9.17, 15) is 9.59 Å². The number of hydrogen-bond donors (Lipinski definition) is 1. The zero-order valence-electron chi connectivity index (χ0n) is 14.8. The largest absolute Gasteiger partial charge is 0.494 e. The Balaban J connectivity index is 1.87. The third-order valence-electron chi connectivity index (χ3n) is 3.77. The molecule has 0 aliphatic heterocycles. The van der Waals surface area contributed by atoms with Crippen LogP contribution in [0, 0.1) is 6.92 Å². The number of nitrogens with one attached hydrogen (secondary N) is 1. The van der Waals surface area contributed by atoms with Crippen molar-refractivity contribution < 1.29 is 9.53 Å². The highest BCUT2D eigenvalue weighted by molar-refractivity contribution is 6.30. The number of halogens is 1. The van der Waals surface area contributed by atoms with Gasteiger partial charge in [0.1, 0.15) is 18.1 Å². The van der Waals surface area contributed by atoms with E-state index in [1.54, 1.807) is 36.5 Å². The molecule has 0 radical (unpaired) electrons. The molecule has 0 atom stereocenters. The predicted octanol–water partition coefficient (Wildman–Crippen LogP) is 2.91. The summed E-state index contributed by atoms with van der Waals surface area (Å²) in [4.78, 5) is 28.7. The van der Waals surface area contributed by atoms with E-state index in [4.69, 9.17) is 16.3 Å². The first-order valence-electron chi connectivity index (χ1n) is 8.11. The standard InChI is InChI=1S/C19H17ClN4O3/c1-12-3-8-16(21-10-12)22-17(25)11-24-18(26)9-15(27-2)19(23-24)13-4-6-14(20)7-5-13/h3-10H,11H2,1-2H3,(H,21,22,25). The lowest BCUT2D eigenvalue weighted by molar-refractivity contribution is -0.117. The second kappa shape index (κ2) is 8.01. The van der Waals surface area contributed by atoms with Crippen molar-refractivity contribution in [1.82, 2.24) is 14.8 Å². The van der Waals surface area contributed by atoms with Crippen LogP contribution in [0.4, 0.5) is 5.82 Å². The van der Waals surface area contributed by atoms with E-state index in [1.807, 2.05) is 13.0 Å². The van der Waals surface area contributed by atoms with Crippen molar-refractivity contribution in [1.29, 1.82) is 0 Å². The van der Waals surface area contributed by atoms with Crippen LogP contribution in [0.3, 0.4) is 0 Å². The van der Waals surface area contributed by atoms with Crippen molar-refractivity contribution >= 4 is 23.3 Å². The van der Waals surface area contributed by atoms with Crippen LogP contribution in [0.1, 0.15) is 5.56 Å². The summed E-state index contributed by atoms with van der Waals surface area (Å²) in [7, 11) is 1.45. The molecule has 3 aromatic rings. The number of aromatic nitrogens is 3. The predicted molar refractivity (Wildman–Crippen MR) is 103 cm³/mol. The summed E-state index contributed by atoms with van der Waals surface area (Å²) in [6.45, 7) is 1.65. The first kappa shape index (κ1) is 18.6. The highest BCUT2D eigenvalue weighted by atomic mass is 35.5. The summed E-state index contributed by atoms with van der Waals surface area (Å²) in [6, 6.07) is 11.8. The van der Waals surface area contributed by atoms with Gasteiger partial charge in [-0.3, -0.25) is 9.59 Å². The second-order valence-corrected chi connectivity index (χ2v) is 6.27. The van der Waals surface area contributed by atoms with Gasteiger partial charge in [0, 0.05) is 22.8 Å². The smallest absolute Gasteiger partial charge is 0.270 e. The van der Waals surface area contributed by atoms with Crippen molar-refractivity contribution in [2.45, 2.75) is 13.5 Å². The molecular formula is C19H17ClN4O3. The van der Waals surface area contributed by atoms with Gasteiger partial charge in [0.05, 0.1) is 7.11 Å². The zero-order valence-corrected chi connectivity index (χ0v) is 15.5. The molecule has 2 heterocycles. The minimum absolute atomic E-state index is 0.251. The number of nitrogens with zero attached hydrogens (tertiary/aromatic N) is 3. The Morgan fingerprint density at radius 2 is 1.96 bits per heavy atom. The maximum absolute atomic E-state index is 12.3. The van der Waals surface area contributed by atoms with Crippen LogP contribution in [0.5, 0.6) is 5.75 Å². The van der Waals surface area contributed by atoms with E-state index in [0.29, 0.717) is 27.8 Å². The number of amides is 1. The Kier molecular flexibility index (Phi) is 5.52. The molecule has 0 spiro atoms. The van der Waals surface area contributed by atoms with Gasteiger partial charge < -0.3 is 10.1 Å². The Labute approximate surface area is 160 Å². The molecule has 7 nitrogen and oxygen atoms in total. The van der Waals surface area contributed by atoms with Gasteiger partial charge in [-0.1, -0.05) is 29.8 Å². The Morgan fingerprint density at radius 1 is 1.22 bits per heavy atom. The molecule has 0 saturated heterocycles. The second-order valence-electron chi connectivity index (χ2n) is 5.83.